The van der Waals surface area contributed by atoms with Gasteiger partial charge >= 0.3 is 12.2 Å². The molecule has 0 atom stereocenters. The van der Waals surface area contributed by atoms with Crippen LogP contribution in [0.5, 0.6) is 0 Å². The Morgan fingerprint density at radius 2 is 1.68 bits per heavy atom. The zero-order valence-electron chi connectivity index (χ0n) is 13.6. The normalized spacial score (nSPS) is 20.2. The minimum Gasteiger partial charge on any atom is -0.317 e. The number of likely N-dealkylation sites (N-methyl/N-ethyl adjacent to an activating group) is 1. The molecule has 2 saturated heterocycles. The summed E-state index contributed by atoms with van der Waals surface area (Å²) in [6, 6.07) is 3.65. The Kier molecular flexibility index (Phi) is 5.34. The highest BCUT2D eigenvalue weighted by Gasteiger charge is 2.57. The van der Waals surface area contributed by atoms with Crippen molar-refractivity contribution < 1.29 is 22.8 Å². The van der Waals surface area contributed by atoms with Gasteiger partial charge in [-0.15, -0.1) is 12.4 Å². The summed E-state index contributed by atoms with van der Waals surface area (Å²) >= 11 is 0. The Morgan fingerprint density at radius 1 is 1.12 bits per heavy atom. The number of amides is 3. The molecular weight excluding hydrogens is 359 g/mol. The van der Waals surface area contributed by atoms with Crippen LogP contribution in [0.4, 0.5) is 23.7 Å². The van der Waals surface area contributed by atoms with Gasteiger partial charge in [0.05, 0.1) is 11.3 Å². The van der Waals surface area contributed by atoms with Gasteiger partial charge in [0.15, 0.2) is 0 Å². The maximum atomic E-state index is 13.0. The molecule has 0 aromatic heterocycles. The van der Waals surface area contributed by atoms with Crippen LogP contribution >= 0.6 is 12.4 Å². The number of nitrogens with one attached hydrogen (secondary N) is 1. The molecule has 0 unspecified atom stereocenters. The molecule has 0 aliphatic carbocycles. The van der Waals surface area contributed by atoms with Crippen LogP contribution < -0.4 is 10.2 Å². The summed E-state index contributed by atoms with van der Waals surface area (Å²) in [6.07, 6.45) is -3.45. The molecule has 3 amide bonds. The predicted octanol–water partition coefficient (Wildman–Crippen LogP) is 3.04. The molecule has 1 N–H and O–H groups in total. The fourth-order valence-corrected chi connectivity index (χ4v) is 3.50. The number of carbonyl (C=O) groups excluding carboxylic acids is 2. The molecule has 138 valence electrons. The second-order valence-corrected chi connectivity index (χ2v) is 5.99. The first-order valence-corrected chi connectivity index (χ1v) is 7.85. The highest BCUT2D eigenvalue weighted by molar-refractivity contribution is 6.23. The van der Waals surface area contributed by atoms with Crippen molar-refractivity contribution in [1.29, 1.82) is 0 Å². The van der Waals surface area contributed by atoms with Crippen LogP contribution in [-0.2, 0) is 11.0 Å². The van der Waals surface area contributed by atoms with Crippen LogP contribution in [0.15, 0.2) is 24.3 Å². The Morgan fingerprint density at radius 3 is 2.16 bits per heavy atom. The average Bonchev–Trinajstić information content (AvgIpc) is 2.74. The summed E-state index contributed by atoms with van der Waals surface area (Å²) in [5, 5.41) is 3.16. The molecule has 2 aliphatic rings. The van der Waals surface area contributed by atoms with Crippen LogP contribution in [0.3, 0.4) is 0 Å². The Labute approximate surface area is 149 Å². The summed E-state index contributed by atoms with van der Waals surface area (Å²) in [7, 11) is 0. The van der Waals surface area contributed by atoms with Crippen molar-refractivity contribution in [2.75, 3.05) is 24.5 Å². The van der Waals surface area contributed by atoms with E-state index < -0.39 is 23.3 Å². The fourth-order valence-electron chi connectivity index (χ4n) is 3.50. The highest BCUT2D eigenvalue weighted by Crippen LogP contribution is 2.38. The first kappa shape index (κ1) is 19.5. The number of rotatable bonds is 2. The molecule has 1 aromatic carbocycles. The molecule has 2 aliphatic heterocycles. The summed E-state index contributed by atoms with van der Waals surface area (Å²) in [5.41, 5.74) is -1.53. The third kappa shape index (κ3) is 3.08. The monoisotopic (exact) mass is 377 g/mol. The second-order valence-electron chi connectivity index (χ2n) is 5.99. The van der Waals surface area contributed by atoms with E-state index in [0.29, 0.717) is 32.5 Å². The number of benzene rings is 1. The van der Waals surface area contributed by atoms with Crippen LogP contribution in [0.1, 0.15) is 25.3 Å². The maximum absolute atomic E-state index is 13.0. The lowest BCUT2D eigenvalue weighted by molar-refractivity contribution is -0.137. The van der Waals surface area contributed by atoms with Gasteiger partial charge in [-0.2, -0.15) is 13.2 Å². The topological polar surface area (TPSA) is 52.7 Å². The molecule has 0 radical (unpaired) electrons. The van der Waals surface area contributed by atoms with E-state index in [1.807, 2.05) is 0 Å². The standard InChI is InChI=1S/C16H18F3N3O2.ClH/c1-2-21-14(24)22(13(23)15(21)7-9-20-10-8-15)12-5-3-11(4-6-12)16(17,18)19;/h3-6,20H,2,7-10H2,1H3;1H. The number of hydrogen-bond acceptors (Lipinski definition) is 3. The minimum atomic E-state index is -4.46. The van der Waals surface area contributed by atoms with E-state index >= 15 is 0 Å². The van der Waals surface area contributed by atoms with Crippen molar-refractivity contribution in [1.82, 2.24) is 10.2 Å². The number of carbonyl (C=O) groups is 2. The molecule has 5 nitrogen and oxygen atoms in total. The van der Waals surface area contributed by atoms with Crippen molar-refractivity contribution in [2.24, 2.45) is 0 Å². The van der Waals surface area contributed by atoms with Crippen molar-refractivity contribution in [3.05, 3.63) is 29.8 Å². The number of nitrogens with zero attached hydrogens (tertiary/aromatic N) is 2. The Balaban J connectivity index is 0.00000225. The molecule has 2 fully saturated rings. The summed E-state index contributed by atoms with van der Waals surface area (Å²) in [6.45, 7) is 3.42. The zero-order valence-corrected chi connectivity index (χ0v) is 14.4. The predicted molar refractivity (Wildman–Crippen MR) is 88.8 cm³/mol. The average molecular weight is 378 g/mol. The van der Waals surface area contributed by atoms with Crippen molar-refractivity contribution >= 4 is 30.0 Å². The van der Waals surface area contributed by atoms with E-state index in [1.54, 1.807) is 6.92 Å². The third-order valence-electron chi connectivity index (χ3n) is 4.74. The largest absolute Gasteiger partial charge is 0.416 e. The van der Waals surface area contributed by atoms with Gasteiger partial charge in [-0.3, -0.25) is 4.79 Å². The number of imide groups is 1. The van der Waals surface area contributed by atoms with Crippen molar-refractivity contribution in [2.45, 2.75) is 31.5 Å². The van der Waals surface area contributed by atoms with E-state index in [-0.39, 0.29) is 24.0 Å². The van der Waals surface area contributed by atoms with E-state index in [9.17, 15) is 22.8 Å². The number of alkyl halides is 3. The van der Waals surface area contributed by atoms with Gasteiger partial charge in [0.2, 0.25) is 0 Å². The van der Waals surface area contributed by atoms with Crippen LogP contribution in [0, 0.1) is 0 Å². The molecule has 1 spiro atoms. The molecule has 0 saturated carbocycles. The number of urea groups is 1. The van der Waals surface area contributed by atoms with Crippen molar-refractivity contribution in [3.8, 4) is 0 Å². The lowest BCUT2D eigenvalue weighted by Crippen LogP contribution is -2.55. The van der Waals surface area contributed by atoms with E-state index in [2.05, 4.69) is 5.32 Å². The highest BCUT2D eigenvalue weighted by atomic mass is 35.5. The van der Waals surface area contributed by atoms with Gasteiger partial charge < -0.3 is 10.2 Å². The molecular formula is C16H19ClF3N3O2. The first-order chi connectivity index (χ1) is 11.3. The number of hydrogen-bond donors (Lipinski definition) is 1. The van der Waals surface area contributed by atoms with Gasteiger partial charge in [-0.05, 0) is 57.1 Å². The molecule has 3 rings (SSSR count). The quantitative estimate of drug-likeness (QED) is 0.806. The van der Waals surface area contributed by atoms with Crippen molar-refractivity contribution in [3.63, 3.8) is 0 Å². The van der Waals surface area contributed by atoms with E-state index in [1.165, 1.54) is 17.0 Å². The fraction of sp³-hybridized carbons (Fsp3) is 0.500. The van der Waals surface area contributed by atoms with Gasteiger partial charge in [-0.25, -0.2) is 9.69 Å². The van der Waals surface area contributed by atoms with Crippen LogP contribution in [0.2, 0.25) is 0 Å². The second kappa shape index (κ2) is 6.84. The van der Waals surface area contributed by atoms with Crippen LogP contribution in [0.25, 0.3) is 0 Å². The van der Waals surface area contributed by atoms with Gasteiger partial charge in [0.1, 0.15) is 5.54 Å². The van der Waals surface area contributed by atoms with E-state index in [0.717, 1.165) is 17.0 Å². The Bertz CT molecular complexity index is 658. The SMILES string of the molecule is CCN1C(=O)N(c2ccc(C(F)(F)F)cc2)C(=O)C12CCNCC2.Cl. The van der Waals surface area contributed by atoms with Crippen LogP contribution in [-0.4, -0.2) is 42.0 Å². The number of piperidine rings is 1. The summed E-state index contributed by atoms with van der Waals surface area (Å²) < 4.78 is 38.1. The first-order valence-electron chi connectivity index (χ1n) is 7.85. The smallest absolute Gasteiger partial charge is 0.317 e. The van der Waals surface area contributed by atoms with Gasteiger partial charge in [-0.1, -0.05) is 0 Å². The third-order valence-corrected chi connectivity index (χ3v) is 4.74. The Hall–Kier alpha value is -1.80. The zero-order chi connectivity index (χ0) is 17.5. The lowest BCUT2D eigenvalue weighted by Gasteiger charge is -2.37. The van der Waals surface area contributed by atoms with E-state index in [4.69, 9.17) is 0 Å². The maximum Gasteiger partial charge on any atom is 0.416 e. The molecule has 2 heterocycles. The minimum absolute atomic E-state index is 0. The molecule has 25 heavy (non-hydrogen) atoms. The number of halogens is 4. The van der Waals surface area contributed by atoms with Gasteiger partial charge in [0, 0.05) is 6.54 Å². The molecule has 1 aromatic rings. The molecule has 0 bridgehead atoms. The summed E-state index contributed by atoms with van der Waals surface area (Å²) in [4.78, 5) is 28.2. The number of anilines is 1. The summed E-state index contributed by atoms with van der Waals surface area (Å²) in [5.74, 6) is -0.351. The lowest BCUT2D eigenvalue weighted by atomic mass is 9.86. The van der Waals surface area contributed by atoms with Gasteiger partial charge in [0.25, 0.3) is 5.91 Å². The molecule has 9 heteroatoms.